The predicted molar refractivity (Wildman–Crippen MR) is 53.1 cm³/mol. The van der Waals surface area contributed by atoms with Crippen LogP contribution in [0.15, 0.2) is 0 Å². The van der Waals surface area contributed by atoms with Gasteiger partial charge in [-0.2, -0.15) is 0 Å². The van der Waals surface area contributed by atoms with Crippen LogP contribution < -0.4 is 0 Å². The molecule has 0 bridgehead atoms. The van der Waals surface area contributed by atoms with Crippen molar-refractivity contribution in [3.8, 4) is 0 Å². The van der Waals surface area contributed by atoms with E-state index in [-0.39, 0.29) is 12.4 Å². The molecule has 0 aliphatic carbocycles. The fraction of sp³-hybridized carbons (Fsp3) is 1.00. The lowest BCUT2D eigenvalue weighted by Crippen LogP contribution is -2.32. The fourth-order valence-corrected chi connectivity index (χ4v) is 2.18. The summed E-state index contributed by atoms with van der Waals surface area (Å²) in [5, 5.41) is 0. The molecule has 2 saturated heterocycles. The molecule has 0 saturated carbocycles. The van der Waals surface area contributed by atoms with E-state index in [0.717, 1.165) is 32.5 Å². The average Bonchev–Trinajstić information content (AvgIpc) is 2.67. The van der Waals surface area contributed by atoms with Crippen LogP contribution in [0.25, 0.3) is 0 Å². The Morgan fingerprint density at radius 3 is 2.79 bits per heavy atom. The number of hydrogen-bond acceptors (Lipinski definition) is 3. The van der Waals surface area contributed by atoms with E-state index in [2.05, 4.69) is 6.92 Å². The maximum absolute atomic E-state index is 5.91. The molecule has 2 fully saturated rings. The molecule has 3 atom stereocenters. The highest BCUT2D eigenvalue weighted by Gasteiger charge is 2.30. The molecule has 2 aliphatic rings. The van der Waals surface area contributed by atoms with Gasteiger partial charge in [0.1, 0.15) is 0 Å². The third-order valence-corrected chi connectivity index (χ3v) is 3.02. The Morgan fingerprint density at radius 1 is 1.14 bits per heavy atom. The highest BCUT2D eigenvalue weighted by molar-refractivity contribution is 4.76. The Kier molecular flexibility index (Phi) is 3.79. The van der Waals surface area contributed by atoms with Crippen molar-refractivity contribution in [3.63, 3.8) is 0 Å². The summed E-state index contributed by atoms with van der Waals surface area (Å²) in [7, 11) is 0. The minimum atomic E-state index is 0.0319. The lowest BCUT2D eigenvalue weighted by molar-refractivity contribution is -0.196. The zero-order chi connectivity index (χ0) is 9.80. The van der Waals surface area contributed by atoms with E-state index in [1.165, 1.54) is 12.8 Å². The minimum absolute atomic E-state index is 0.0319. The molecule has 3 unspecified atom stereocenters. The summed E-state index contributed by atoms with van der Waals surface area (Å²) in [5.41, 5.74) is 0. The summed E-state index contributed by atoms with van der Waals surface area (Å²) in [6, 6.07) is 0. The Hall–Kier alpha value is -0.120. The molecular formula is C11H20O3. The largest absolute Gasteiger partial charge is 0.375 e. The first-order chi connectivity index (χ1) is 6.90. The molecule has 2 rings (SSSR count). The molecule has 82 valence electrons. The van der Waals surface area contributed by atoms with Crippen LogP contribution in [-0.4, -0.2) is 31.7 Å². The summed E-state index contributed by atoms with van der Waals surface area (Å²) < 4.78 is 17.0. The van der Waals surface area contributed by atoms with Crippen LogP contribution in [0.3, 0.4) is 0 Å². The molecule has 0 radical (unpaired) electrons. The lowest BCUT2D eigenvalue weighted by Gasteiger charge is -2.27. The van der Waals surface area contributed by atoms with Crippen molar-refractivity contribution in [3.05, 3.63) is 0 Å². The van der Waals surface area contributed by atoms with Gasteiger partial charge in [0.15, 0.2) is 6.29 Å². The highest BCUT2D eigenvalue weighted by Crippen LogP contribution is 2.24. The maximum Gasteiger partial charge on any atom is 0.158 e. The van der Waals surface area contributed by atoms with Gasteiger partial charge in [0.2, 0.25) is 0 Å². The first-order valence-electron chi connectivity index (χ1n) is 5.79. The molecule has 3 nitrogen and oxygen atoms in total. The fourth-order valence-electron chi connectivity index (χ4n) is 2.18. The lowest BCUT2D eigenvalue weighted by atomic mass is 10.1. The zero-order valence-corrected chi connectivity index (χ0v) is 8.91. The van der Waals surface area contributed by atoms with Gasteiger partial charge in [0.05, 0.1) is 12.2 Å². The molecule has 0 aromatic rings. The minimum Gasteiger partial charge on any atom is -0.375 e. The van der Waals surface area contributed by atoms with E-state index < -0.39 is 0 Å². The topological polar surface area (TPSA) is 27.7 Å². The number of rotatable bonds is 3. The third-order valence-electron chi connectivity index (χ3n) is 3.02. The van der Waals surface area contributed by atoms with Crippen molar-refractivity contribution in [2.24, 2.45) is 0 Å². The van der Waals surface area contributed by atoms with Crippen LogP contribution in [0.2, 0.25) is 0 Å². The van der Waals surface area contributed by atoms with Crippen LogP contribution in [0.4, 0.5) is 0 Å². The van der Waals surface area contributed by atoms with Crippen molar-refractivity contribution in [1.29, 1.82) is 0 Å². The maximum atomic E-state index is 5.91. The van der Waals surface area contributed by atoms with E-state index in [0.29, 0.717) is 6.10 Å². The van der Waals surface area contributed by atoms with Crippen molar-refractivity contribution in [2.45, 2.75) is 57.5 Å². The van der Waals surface area contributed by atoms with Crippen LogP contribution in [0, 0.1) is 0 Å². The van der Waals surface area contributed by atoms with Gasteiger partial charge in [-0.05, 0) is 32.1 Å². The molecule has 2 aliphatic heterocycles. The normalized spacial score (nSPS) is 38.8. The van der Waals surface area contributed by atoms with Gasteiger partial charge in [-0.3, -0.25) is 0 Å². The molecule has 0 amide bonds. The Labute approximate surface area is 85.7 Å². The van der Waals surface area contributed by atoms with E-state index in [4.69, 9.17) is 14.2 Å². The molecule has 2 heterocycles. The van der Waals surface area contributed by atoms with Gasteiger partial charge in [0.25, 0.3) is 0 Å². The quantitative estimate of drug-likeness (QED) is 0.698. The standard InChI is InChI=1S/C11H20O3/c1-2-9-10(6-8-12-9)14-11-5-3-4-7-13-11/h9-11H,2-8H2,1H3. The highest BCUT2D eigenvalue weighted by atomic mass is 16.7. The number of ether oxygens (including phenoxy) is 3. The van der Waals surface area contributed by atoms with Crippen LogP contribution >= 0.6 is 0 Å². The summed E-state index contributed by atoms with van der Waals surface area (Å²) in [6.07, 6.45) is 6.11. The van der Waals surface area contributed by atoms with Crippen molar-refractivity contribution >= 4 is 0 Å². The van der Waals surface area contributed by atoms with Gasteiger partial charge in [-0.15, -0.1) is 0 Å². The molecule has 14 heavy (non-hydrogen) atoms. The van der Waals surface area contributed by atoms with Gasteiger partial charge in [-0.1, -0.05) is 6.92 Å². The van der Waals surface area contributed by atoms with Crippen LogP contribution in [0.5, 0.6) is 0 Å². The van der Waals surface area contributed by atoms with E-state index in [9.17, 15) is 0 Å². The summed E-state index contributed by atoms with van der Waals surface area (Å²) in [5.74, 6) is 0. The number of hydrogen-bond donors (Lipinski definition) is 0. The second-order valence-corrected chi connectivity index (χ2v) is 4.08. The monoisotopic (exact) mass is 200 g/mol. The van der Waals surface area contributed by atoms with E-state index in [1.54, 1.807) is 0 Å². The molecule has 0 N–H and O–H groups in total. The zero-order valence-electron chi connectivity index (χ0n) is 8.91. The summed E-state index contributed by atoms with van der Waals surface area (Å²) in [4.78, 5) is 0. The Morgan fingerprint density at radius 2 is 2.07 bits per heavy atom. The molecule has 0 spiro atoms. The van der Waals surface area contributed by atoms with Crippen LogP contribution in [-0.2, 0) is 14.2 Å². The van der Waals surface area contributed by atoms with Crippen molar-refractivity contribution in [2.75, 3.05) is 13.2 Å². The summed E-state index contributed by atoms with van der Waals surface area (Å²) in [6.45, 7) is 3.85. The van der Waals surface area contributed by atoms with Gasteiger partial charge >= 0.3 is 0 Å². The van der Waals surface area contributed by atoms with Crippen LogP contribution in [0.1, 0.15) is 39.0 Å². The molecule has 3 heteroatoms. The van der Waals surface area contributed by atoms with Gasteiger partial charge in [0, 0.05) is 13.2 Å². The summed E-state index contributed by atoms with van der Waals surface area (Å²) >= 11 is 0. The molecule has 0 aromatic heterocycles. The average molecular weight is 200 g/mol. The van der Waals surface area contributed by atoms with Crippen molar-refractivity contribution < 1.29 is 14.2 Å². The second kappa shape index (κ2) is 5.10. The van der Waals surface area contributed by atoms with Crippen molar-refractivity contribution in [1.82, 2.24) is 0 Å². The van der Waals surface area contributed by atoms with Gasteiger partial charge in [-0.25, -0.2) is 0 Å². The first-order valence-corrected chi connectivity index (χ1v) is 5.79. The SMILES string of the molecule is CCC1OCCC1OC1CCCCO1. The van der Waals surface area contributed by atoms with Gasteiger partial charge < -0.3 is 14.2 Å². The smallest absolute Gasteiger partial charge is 0.158 e. The van der Waals surface area contributed by atoms with E-state index >= 15 is 0 Å². The van der Waals surface area contributed by atoms with E-state index in [1.807, 2.05) is 0 Å². The third kappa shape index (κ3) is 2.47. The Balaban J connectivity index is 1.77. The second-order valence-electron chi connectivity index (χ2n) is 4.08. The Bertz CT molecular complexity index is 166. The predicted octanol–water partition coefficient (Wildman–Crippen LogP) is 2.10. The molecular weight excluding hydrogens is 180 g/mol. The first kappa shape index (κ1) is 10.4. The molecule has 0 aromatic carbocycles.